The first-order valence-electron chi connectivity index (χ1n) is 8.62. The number of nitrogens with one attached hydrogen (secondary N) is 1. The average Bonchev–Trinajstić information content (AvgIpc) is 2.59. The molecule has 0 amide bonds. The minimum absolute atomic E-state index is 0.162. The maximum atomic E-state index is 6.15. The number of aryl methyl sites for hydroxylation is 1. The van der Waals surface area contributed by atoms with E-state index in [1.54, 1.807) is 14.2 Å². The molecule has 2 aromatic carbocycles. The standard InChI is InChI=1S/C21H27NO3/c1-14-6-8-15(9-7-14)13-22-16-10-11-18-17(12-16)19(23-4)20(24-5)21(2,3)25-18/h6-12,19-20,22H,13H2,1-5H3. The molecule has 1 aliphatic rings. The van der Waals surface area contributed by atoms with Gasteiger partial charge in [0, 0.05) is 32.0 Å². The van der Waals surface area contributed by atoms with Gasteiger partial charge in [-0.2, -0.15) is 0 Å². The Morgan fingerprint density at radius 3 is 2.40 bits per heavy atom. The van der Waals surface area contributed by atoms with E-state index in [9.17, 15) is 0 Å². The van der Waals surface area contributed by atoms with Crippen molar-refractivity contribution in [3.63, 3.8) is 0 Å². The molecule has 1 heterocycles. The molecule has 0 aliphatic carbocycles. The van der Waals surface area contributed by atoms with Gasteiger partial charge in [-0.15, -0.1) is 0 Å². The predicted octanol–water partition coefficient (Wildman–Crippen LogP) is 4.48. The van der Waals surface area contributed by atoms with Crippen molar-refractivity contribution < 1.29 is 14.2 Å². The number of anilines is 1. The van der Waals surface area contributed by atoms with Gasteiger partial charge in [0.25, 0.3) is 0 Å². The second-order valence-electron chi connectivity index (χ2n) is 7.11. The molecule has 0 aromatic heterocycles. The summed E-state index contributed by atoms with van der Waals surface area (Å²) in [6.45, 7) is 6.93. The van der Waals surface area contributed by atoms with Gasteiger partial charge in [0.1, 0.15) is 23.6 Å². The van der Waals surface area contributed by atoms with Crippen molar-refractivity contribution >= 4 is 5.69 Å². The van der Waals surface area contributed by atoms with E-state index in [1.807, 2.05) is 26.0 Å². The minimum Gasteiger partial charge on any atom is -0.485 e. The first-order valence-corrected chi connectivity index (χ1v) is 8.62. The quantitative estimate of drug-likeness (QED) is 0.870. The molecule has 2 unspecified atom stereocenters. The molecule has 1 aliphatic heterocycles. The van der Waals surface area contributed by atoms with E-state index >= 15 is 0 Å². The summed E-state index contributed by atoms with van der Waals surface area (Å²) in [4.78, 5) is 0. The molecule has 25 heavy (non-hydrogen) atoms. The second kappa shape index (κ2) is 7.06. The van der Waals surface area contributed by atoms with Crippen LogP contribution in [0.15, 0.2) is 42.5 Å². The number of rotatable bonds is 5. The normalized spacial score (nSPS) is 21.3. The molecule has 0 spiro atoms. The van der Waals surface area contributed by atoms with Gasteiger partial charge < -0.3 is 19.5 Å². The largest absolute Gasteiger partial charge is 0.485 e. The highest BCUT2D eigenvalue weighted by molar-refractivity contribution is 5.53. The van der Waals surface area contributed by atoms with E-state index in [2.05, 4.69) is 42.6 Å². The molecule has 0 saturated heterocycles. The molecule has 1 N–H and O–H groups in total. The lowest BCUT2D eigenvalue weighted by atomic mass is 9.88. The molecule has 134 valence electrons. The number of methoxy groups -OCH3 is 2. The lowest BCUT2D eigenvalue weighted by Gasteiger charge is -2.43. The van der Waals surface area contributed by atoms with E-state index in [0.29, 0.717) is 0 Å². The summed E-state index contributed by atoms with van der Waals surface area (Å²) in [7, 11) is 3.42. The van der Waals surface area contributed by atoms with Crippen LogP contribution in [-0.2, 0) is 16.0 Å². The van der Waals surface area contributed by atoms with Crippen LogP contribution in [0.5, 0.6) is 5.75 Å². The molecule has 0 radical (unpaired) electrons. The third kappa shape index (κ3) is 3.65. The first-order chi connectivity index (χ1) is 11.9. The maximum Gasteiger partial charge on any atom is 0.132 e. The molecule has 4 heteroatoms. The van der Waals surface area contributed by atoms with Crippen molar-refractivity contribution in [2.24, 2.45) is 0 Å². The molecule has 0 bridgehead atoms. The SMILES string of the molecule is COC1c2cc(NCc3ccc(C)cc3)ccc2OC(C)(C)C1OC. The molecule has 2 aromatic rings. The molecule has 2 atom stereocenters. The highest BCUT2D eigenvalue weighted by atomic mass is 16.6. The van der Waals surface area contributed by atoms with Crippen molar-refractivity contribution in [2.75, 3.05) is 19.5 Å². The number of benzene rings is 2. The van der Waals surface area contributed by atoms with Crippen molar-refractivity contribution in [1.82, 2.24) is 0 Å². The van der Waals surface area contributed by atoms with Crippen LogP contribution < -0.4 is 10.1 Å². The summed E-state index contributed by atoms with van der Waals surface area (Å²) < 4.78 is 17.6. The zero-order valence-electron chi connectivity index (χ0n) is 15.6. The van der Waals surface area contributed by atoms with Crippen LogP contribution in [0.4, 0.5) is 5.69 Å². The van der Waals surface area contributed by atoms with Crippen LogP contribution in [0.1, 0.15) is 36.6 Å². The van der Waals surface area contributed by atoms with E-state index in [-0.39, 0.29) is 12.2 Å². The van der Waals surface area contributed by atoms with Crippen molar-refractivity contribution in [1.29, 1.82) is 0 Å². The average molecular weight is 341 g/mol. The lowest BCUT2D eigenvalue weighted by Crippen LogP contribution is -2.50. The predicted molar refractivity (Wildman–Crippen MR) is 100 cm³/mol. The highest BCUT2D eigenvalue weighted by Gasteiger charge is 2.44. The smallest absolute Gasteiger partial charge is 0.132 e. The third-order valence-corrected chi connectivity index (χ3v) is 4.77. The Labute approximate surface area is 150 Å². The fourth-order valence-corrected chi connectivity index (χ4v) is 3.41. The molecule has 3 rings (SSSR count). The Bertz CT molecular complexity index is 724. The zero-order valence-corrected chi connectivity index (χ0v) is 15.6. The molecular formula is C21H27NO3. The lowest BCUT2D eigenvalue weighted by molar-refractivity contribution is -0.140. The van der Waals surface area contributed by atoms with E-state index < -0.39 is 5.60 Å². The summed E-state index contributed by atoms with van der Waals surface area (Å²) in [5, 5.41) is 3.48. The van der Waals surface area contributed by atoms with Gasteiger partial charge in [0.05, 0.1) is 0 Å². The maximum absolute atomic E-state index is 6.15. The van der Waals surface area contributed by atoms with Crippen LogP contribution in [0.25, 0.3) is 0 Å². The van der Waals surface area contributed by atoms with Gasteiger partial charge in [-0.25, -0.2) is 0 Å². The van der Waals surface area contributed by atoms with Gasteiger partial charge in [-0.1, -0.05) is 29.8 Å². The Kier molecular flexibility index (Phi) is 5.02. The van der Waals surface area contributed by atoms with E-state index in [1.165, 1.54) is 11.1 Å². The van der Waals surface area contributed by atoms with E-state index in [4.69, 9.17) is 14.2 Å². The highest BCUT2D eigenvalue weighted by Crippen LogP contribution is 2.43. The van der Waals surface area contributed by atoms with E-state index in [0.717, 1.165) is 23.5 Å². The third-order valence-electron chi connectivity index (χ3n) is 4.77. The summed E-state index contributed by atoms with van der Waals surface area (Å²) in [5.41, 5.74) is 4.13. The van der Waals surface area contributed by atoms with Gasteiger partial charge >= 0.3 is 0 Å². The van der Waals surface area contributed by atoms with Gasteiger partial charge in [-0.3, -0.25) is 0 Å². The van der Waals surface area contributed by atoms with Crippen molar-refractivity contribution in [3.05, 3.63) is 59.2 Å². The van der Waals surface area contributed by atoms with Gasteiger partial charge in [0.15, 0.2) is 0 Å². The summed E-state index contributed by atoms with van der Waals surface area (Å²) in [6.07, 6.45) is -0.331. The Balaban J connectivity index is 1.82. The van der Waals surface area contributed by atoms with Crippen molar-refractivity contribution in [2.45, 2.75) is 45.1 Å². The van der Waals surface area contributed by atoms with Crippen LogP contribution in [0, 0.1) is 6.92 Å². The number of hydrogen-bond acceptors (Lipinski definition) is 4. The number of ether oxygens (including phenoxy) is 3. The van der Waals surface area contributed by atoms with Crippen LogP contribution in [-0.4, -0.2) is 25.9 Å². The molecule has 4 nitrogen and oxygen atoms in total. The minimum atomic E-state index is -0.445. The van der Waals surface area contributed by atoms with Crippen LogP contribution >= 0.6 is 0 Å². The van der Waals surface area contributed by atoms with Gasteiger partial charge in [0.2, 0.25) is 0 Å². The summed E-state index contributed by atoms with van der Waals surface area (Å²) in [6, 6.07) is 14.7. The fraction of sp³-hybridized carbons (Fsp3) is 0.429. The summed E-state index contributed by atoms with van der Waals surface area (Å²) in [5.74, 6) is 0.853. The molecule has 0 saturated carbocycles. The van der Waals surface area contributed by atoms with Crippen LogP contribution in [0.3, 0.4) is 0 Å². The van der Waals surface area contributed by atoms with Crippen LogP contribution in [0.2, 0.25) is 0 Å². The fourth-order valence-electron chi connectivity index (χ4n) is 3.41. The second-order valence-corrected chi connectivity index (χ2v) is 7.11. The van der Waals surface area contributed by atoms with Gasteiger partial charge in [-0.05, 0) is 44.5 Å². The molecular weight excluding hydrogens is 314 g/mol. The molecule has 0 fully saturated rings. The number of hydrogen-bond donors (Lipinski definition) is 1. The summed E-state index contributed by atoms with van der Waals surface area (Å²) >= 11 is 0. The Morgan fingerprint density at radius 2 is 1.76 bits per heavy atom. The number of fused-ring (bicyclic) bond motifs is 1. The van der Waals surface area contributed by atoms with Crippen molar-refractivity contribution in [3.8, 4) is 5.75 Å². The Hall–Kier alpha value is -2.04. The first kappa shape index (κ1) is 17.8. The monoisotopic (exact) mass is 341 g/mol. The zero-order chi connectivity index (χ0) is 18.0. The topological polar surface area (TPSA) is 39.7 Å². The Morgan fingerprint density at radius 1 is 1.04 bits per heavy atom.